The number of nitrogens with two attached hydrogens (primary N) is 1. The molecule has 1 aliphatic carbocycles. The lowest BCUT2D eigenvalue weighted by atomic mass is 9.72. The van der Waals surface area contributed by atoms with Crippen LogP contribution in [-0.2, 0) is 5.54 Å². The van der Waals surface area contributed by atoms with Crippen LogP contribution in [0.25, 0.3) is 50.5 Å². The quantitative estimate of drug-likeness (QED) is 0.395. The molecule has 0 amide bonds. The van der Waals surface area contributed by atoms with E-state index in [1.165, 1.54) is 18.2 Å². The van der Waals surface area contributed by atoms with Crippen LogP contribution in [0.3, 0.4) is 0 Å². The molecule has 0 unspecified atom stereocenters. The van der Waals surface area contributed by atoms with Crippen molar-refractivity contribution >= 4 is 16.6 Å². The molecule has 1 aliphatic rings. The van der Waals surface area contributed by atoms with Crippen molar-refractivity contribution in [1.29, 1.82) is 0 Å². The number of benzene rings is 2. The van der Waals surface area contributed by atoms with Crippen LogP contribution < -0.4 is 5.73 Å². The Labute approximate surface area is 200 Å². The highest BCUT2D eigenvalue weighted by Crippen LogP contribution is 2.40. The minimum absolute atomic E-state index is 0.187. The Balaban J connectivity index is 1.43. The van der Waals surface area contributed by atoms with Gasteiger partial charge in [0.05, 0.1) is 11.2 Å². The van der Waals surface area contributed by atoms with Gasteiger partial charge in [0.2, 0.25) is 0 Å². The van der Waals surface area contributed by atoms with E-state index >= 15 is 0 Å². The average Bonchev–Trinajstić information content (AvgIpc) is 3.57. The van der Waals surface area contributed by atoms with Crippen molar-refractivity contribution in [1.82, 2.24) is 29.9 Å². The molecule has 35 heavy (non-hydrogen) atoms. The lowest BCUT2D eigenvalue weighted by molar-refractivity contribution is 0.253. The largest absolute Gasteiger partial charge is 0.321 e. The van der Waals surface area contributed by atoms with Gasteiger partial charge in [0.25, 0.3) is 0 Å². The van der Waals surface area contributed by atoms with Crippen molar-refractivity contribution in [2.75, 3.05) is 0 Å². The van der Waals surface area contributed by atoms with Gasteiger partial charge in [0, 0.05) is 28.2 Å². The monoisotopic (exact) mass is 459 g/mol. The highest BCUT2D eigenvalue weighted by molar-refractivity contribution is 5.98. The van der Waals surface area contributed by atoms with Crippen molar-refractivity contribution in [3.8, 4) is 33.9 Å². The fraction of sp³-hybridized carbons (Fsp3) is 0.148. The number of pyridine rings is 2. The predicted molar refractivity (Wildman–Crippen MR) is 132 cm³/mol. The third-order valence-corrected chi connectivity index (χ3v) is 7.02. The van der Waals surface area contributed by atoms with E-state index in [4.69, 9.17) is 15.3 Å². The van der Waals surface area contributed by atoms with Crippen LogP contribution in [0.15, 0.2) is 83.8 Å². The highest BCUT2D eigenvalue weighted by Gasteiger charge is 2.34. The molecule has 1 saturated carbocycles. The summed E-state index contributed by atoms with van der Waals surface area (Å²) in [5.41, 5.74) is 13.7. The molecule has 4 heterocycles. The molecule has 2 aromatic carbocycles. The van der Waals surface area contributed by atoms with E-state index in [2.05, 4.69) is 63.0 Å². The van der Waals surface area contributed by atoms with E-state index in [-0.39, 0.29) is 5.54 Å². The van der Waals surface area contributed by atoms with Gasteiger partial charge in [-0.05, 0) is 47.7 Å². The lowest BCUT2D eigenvalue weighted by Gasteiger charge is -2.38. The summed E-state index contributed by atoms with van der Waals surface area (Å²) < 4.78 is 6.64. The SMILES string of the molecule is NC1(c2ccc(-c3nc4ccn5c(-c6cnon6)nnc5c4cc3-c3ccccc3)cc2)CCC1. The molecular formula is C27H21N7O. The second kappa shape index (κ2) is 7.54. The number of hydrogen-bond acceptors (Lipinski definition) is 7. The van der Waals surface area contributed by atoms with Crippen molar-refractivity contribution < 1.29 is 4.63 Å². The summed E-state index contributed by atoms with van der Waals surface area (Å²) >= 11 is 0. The highest BCUT2D eigenvalue weighted by atomic mass is 16.6. The average molecular weight is 460 g/mol. The van der Waals surface area contributed by atoms with Gasteiger partial charge in [0.15, 0.2) is 17.2 Å². The van der Waals surface area contributed by atoms with Crippen LogP contribution >= 0.6 is 0 Å². The van der Waals surface area contributed by atoms with Crippen LogP contribution in [0.4, 0.5) is 0 Å². The zero-order valence-electron chi connectivity index (χ0n) is 18.8. The molecule has 0 radical (unpaired) electrons. The first-order valence-corrected chi connectivity index (χ1v) is 11.6. The van der Waals surface area contributed by atoms with Gasteiger partial charge in [-0.1, -0.05) is 59.8 Å². The first-order chi connectivity index (χ1) is 17.2. The summed E-state index contributed by atoms with van der Waals surface area (Å²) in [4.78, 5) is 5.11. The van der Waals surface area contributed by atoms with E-state index in [0.29, 0.717) is 17.2 Å². The molecule has 0 aliphatic heterocycles. The molecule has 0 spiro atoms. The van der Waals surface area contributed by atoms with Gasteiger partial charge >= 0.3 is 0 Å². The lowest BCUT2D eigenvalue weighted by Crippen LogP contribution is -2.43. The van der Waals surface area contributed by atoms with Crippen molar-refractivity contribution in [3.05, 3.63) is 84.7 Å². The Kier molecular flexibility index (Phi) is 4.31. The number of hydrogen-bond donors (Lipinski definition) is 1. The summed E-state index contributed by atoms with van der Waals surface area (Å²) in [5.74, 6) is 0.566. The van der Waals surface area contributed by atoms with E-state index in [9.17, 15) is 0 Å². The minimum Gasteiger partial charge on any atom is -0.321 e. The Morgan fingerprint density at radius 2 is 1.74 bits per heavy atom. The third kappa shape index (κ3) is 3.14. The smallest absolute Gasteiger partial charge is 0.192 e. The summed E-state index contributed by atoms with van der Waals surface area (Å²) in [6, 6.07) is 23.0. The van der Waals surface area contributed by atoms with Crippen molar-refractivity contribution in [2.24, 2.45) is 5.73 Å². The van der Waals surface area contributed by atoms with Crippen LogP contribution in [-0.4, -0.2) is 29.9 Å². The van der Waals surface area contributed by atoms with E-state index in [1.807, 2.05) is 34.9 Å². The van der Waals surface area contributed by atoms with Crippen molar-refractivity contribution in [3.63, 3.8) is 0 Å². The van der Waals surface area contributed by atoms with Gasteiger partial charge in [0.1, 0.15) is 6.20 Å². The molecule has 8 heteroatoms. The van der Waals surface area contributed by atoms with Crippen LogP contribution in [0.5, 0.6) is 0 Å². The number of nitrogens with zero attached hydrogens (tertiary/aromatic N) is 6. The fourth-order valence-electron chi connectivity index (χ4n) is 4.90. The zero-order chi connectivity index (χ0) is 23.4. The molecular weight excluding hydrogens is 438 g/mol. The minimum atomic E-state index is -0.187. The summed E-state index contributed by atoms with van der Waals surface area (Å²) in [6.07, 6.45) is 6.69. The summed E-state index contributed by atoms with van der Waals surface area (Å²) in [6.45, 7) is 0. The Bertz CT molecular complexity index is 1670. The molecule has 7 rings (SSSR count). The Hall–Kier alpha value is -4.43. The molecule has 0 bridgehead atoms. The third-order valence-electron chi connectivity index (χ3n) is 7.02. The number of rotatable bonds is 4. The Morgan fingerprint density at radius 1 is 0.914 bits per heavy atom. The maximum atomic E-state index is 6.55. The molecule has 1 fully saturated rings. The second-order valence-corrected chi connectivity index (χ2v) is 9.10. The van der Waals surface area contributed by atoms with Crippen molar-refractivity contribution in [2.45, 2.75) is 24.8 Å². The van der Waals surface area contributed by atoms with Gasteiger partial charge in [-0.15, -0.1) is 10.2 Å². The number of aromatic nitrogens is 6. The van der Waals surface area contributed by atoms with Gasteiger partial charge in [-0.3, -0.25) is 4.40 Å². The Morgan fingerprint density at radius 3 is 2.46 bits per heavy atom. The maximum absolute atomic E-state index is 6.55. The molecule has 170 valence electrons. The van der Waals surface area contributed by atoms with E-state index < -0.39 is 0 Å². The van der Waals surface area contributed by atoms with Gasteiger partial charge in [-0.2, -0.15) is 0 Å². The molecule has 0 saturated heterocycles. The summed E-state index contributed by atoms with van der Waals surface area (Å²) in [7, 11) is 0. The molecule has 8 nitrogen and oxygen atoms in total. The number of fused-ring (bicyclic) bond motifs is 3. The van der Waals surface area contributed by atoms with Gasteiger partial charge < -0.3 is 5.73 Å². The normalized spacial score (nSPS) is 14.9. The first-order valence-electron chi connectivity index (χ1n) is 11.6. The summed E-state index contributed by atoms with van der Waals surface area (Å²) in [5, 5.41) is 17.3. The standard InChI is InChI=1S/C27H21N7O/c28-27(12-4-13-27)19-9-7-18(8-10-19)24-20(17-5-2-1-3-6-17)15-21-22(30-24)11-14-34-25(21)31-32-26(34)23-16-29-35-33-23/h1-3,5-11,14-16H,4,12-13,28H2. The van der Waals surface area contributed by atoms with Crippen LogP contribution in [0.2, 0.25) is 0 Å². The molecule has 4 aromatic heterocycles. The topological polar surface area (TPSA) is 108 Å². The fourth-order valence-corrected chi connectivity index (χ4v) is 4.90. The van der Waals surface area contributed by atoms with Crippen LogP contribution in [0, 0.1) is 0 Å². The first kappa shape index (κ1) is 20.0. The van der Waals surface area contributed by atoms with E-state index in [0.717, 1.165) is 46.1 Å². The molecule has 6 aromatic rings. The second-order valence-electron chi connectivity index (χ2n) is 9.10. The maximum Gasteiger partial charge on any atom is 0.192 e. The van der Waals surface area contributed by atoms with E-state index in [1.54, 1.807) is 0 Å². The zero-order valence-corrected chi connectivity index (χ0v) is 18.8. The predicted octanol–water partition coefficient (Wildman–Crippen LogP) is 5.00. The van der Waals surface area contributed by atoms with Crippen LogP contribution in [0.1, 0.15) is 24.8 Å². The molecule has 0 atom stereocenters. The molecule has 2 N–H and O–H groups in total. The van der Waals surface area contributed by atoms with Gasteiger partial charge in [-0.25, -0.2) is 9.61 Å².